The minimum Gasteiger partial charge on any atom is -0.388 e. The molecule has 1 unspecified atom stereocenters. The predicted molar refractivity (Wildman–Crippen MR) is 72.4 cm³/mol. The maximum atomic E-state index is 5.61. The van der Waals surface area contributed by atoms with Gasteiger partial charge in [-0.15, -0.1) is 0 Å². The van der Waals surface area contributed by atoms with Gasteiger partial charge in [-0.2, -0.15) is 0 Å². The number of hydrogen-bond acceptors (Lipinski definition) is 4. The SMILES string of the molecule is CC1CN(c2cccc(C(N)=S)n2)CCCO1. The van der Waals surface area contributed by atoms with Crippen molar-refractivity contribution >= 4 is 23.0 Å². The molecule has 5 heteroatoms. The van der Waals surface area contributed by atoms with Gasteiger partial charge in [-0.3, -0.25) is 0 Å². The number of hydrogen-bond donors (Lipinski definition) is 1. The molecule has 17 heavy (non-hydrogen) atoms. The van der Waals surface area contributed by atoms with Crippen LogP contribution in [0.1, 0.15) is 19.0 Å². The van der Waals surface area contributed by atoms with Gasteiger partial charge >= 0.3 is 0 Å². The number of nitrogens with two attached hydrogens (primary N) is 1. The van der Waals surface area contributed by atoms with Crippen LogP contribution in [0.2, 0.25) is 0 Å². The van der Waals surface area contributed by atoms with Crippen molar-refractivity contribution in [1.29, 1.82) is 0 Å². The molecule has 0 amide bonds. The molecule has 4 nitrogen and oxygen atoms in total. The van der Waals surface area contributed by atoms with Crippen molar-refractivity contribution in [1.82, 2.24) is 4.98 Å². The summed E-state index contributed by atoms with van der Waals surface area (Å²) in [6, 6.07) is 5.76. The molecule has 1 saturated heterocycles. The number of nitrogens with zero attached hydrogens (tertiary/aromatic N) is 2. The van der Waals surface area contributed by atoms with Gasteiger partial charge in [0.25, 0.3) is 0 Å². The lowest BCUT2D eigenvalue weighted by Gasteiger charge is -2.23. The molecule has 1 aromatic rings. The van der Waals surface area contributed by atoms with E-state index in [2.05, 4.69) is 16.8 Å². The van der Waals surface area contributed by atoms with Gasteiger partial charge < -0.3 is 15.4 Å². The summed E-state index contributed by atoms with van der Waals surface area (Å²) in [5.41, 5.74) is 6.27. The number of aromatic nitrogens is 1. The summed E-state index contributed by atoms with van der Waals surface area (Å²) < 4.78 is 5.61. The minimum absolute atomic E-state index is 0.229. The molecule has 2 heterocycles. The van der Waals surface area contributed by atoms with E-state index >= 15 is 0 Å². The largest absolute Gasteiger partial charge is 0.388 e. The first kappa shape index (κ1) is 12.3. The Labute approximate surface area is 107 Å². The Morgan fingerprint density at radius 2 is 2.41 bits per heavy atom. The third-order valence-electron chi connectivity index (χ3n) is 2.76. The van der Waals surface area contributed by atoms with E-state index in [0.717, 1.165) is 31.9 Å². The lowest BCUT2D eigenvalue weighted by Crippen LogP contribution is -2.31. The van der Waals surface area contributed by atoms with Crippen molar-refractivity contribution in [3.8, 4) is 0 Å². The number of ether oxygens (including phenoxy) is 1. The van der Waals surface area contributed by atoms with Crippen molar-refractivity contribution in [2.45, 2.75) is 19.4 Å². The predicted octanol–water partition coefficient (Wildman–Crippen LogP) is 1.33. The molecule has 1 aliphatic rings. The Balaban J connectivity index is 2.20. The van der Waals surface area contributed by atoms with Crippen LogP contribution in [0.25, 0.3) is 0 Å². The molecule has 1 atom stereocenters. The van der Waals surface area contributed by atoms with Crippen molar-refractivity contribution < 1.29 is 4.74 Å². The number of pyridine rings is 1. The summed E-state index contributed by atoms with van der Waals surface area (Å²) in [4.78, 5) is 7.04. The topological polar surface area (TPSA) is 51.4 Å². The number of rotatable bonds is 2. The number of anilines is 1. The monoisotopic (exact) mass is 251 g/mol. The first-order chi connectivity index (χ1) is 8.16. The molecule has 0 radical (unpaired) electrons. The van der Waals surface area contributed by atoms with E-state index in [0.29, 0.717) is 10.7 Å². The molecule has 0 spiro atoms. The third kappa shape index (κ3) is 3.14. The Morgan fingerprint density at radius 3 is 3.18 bits per heavy atom. The fourth-order valence-electron chi connectivity index (χ4n) is 1.94. The fourth-order valence-corrected chi connectivity index (χ4v) is 2.05. The molecule has 2 rings (SSSR count). The second-order valence-corrected chi connectivity index (χ2v) is 4.67. The van der Waals surface area contributed by atoms with E-state index in [4.69, 9.17) is 22.7 Å². The lowest BCUT2D eigenvalue weighted by molar-refractivity contribution is 0.0820. The summed E-state index contributed by atoms with van der Waals surface area (Å²) in [7, 11) is 0. The van der Waals surface area contributed by atoms with Crippen LogP contribution < -0.4 is 10.6 Å². The molecule has 0 saturated carbocycles. The molecule has 0 aliphatic carbocycles. The van der Waals surface area contributed by atoms with E-state index < -0.39 is 0 Å². The zero-order valence-corrected chi connectivity index (χ0v) is 10.7. The van der Waals surface area contributed by atoms with Gasteiger partial charge in [0.1, 0.15) is 10.8 Å². The van der Waals surface area contributed by atoms with Crippen molar-refractivity contribution in [3.63, 3.8) is 0 Å². The van der Waals surface area contributed by atoms with E-state index in [1.54, 1.807) is 0 Å². The maximum Gasteiger partial charge on any atom is 0.129 e. The van der Waals surface area contributed by atoms with Crippen LogP contribution in [0, 0.1) is 0 Å². The average molecular weight is 251 g/mol. The normalized spacial score (nSPS) is 21.0. The van der Waals surface area contributed by atoms with Crippen LogP contribution in [0.3, 0.4) is 0 Å². The fraction of sp³-hybridized carbons (Fsp3) is 0.500. The summed E-state index contributed by atoms with van der Waals surface area (Å²) in [6.07, 6.45) is 1.25. The summed E-state index contributed by atoms with van der Waals surface area (Å²) >= 11 is 4.95. The van der Waals surface area contributed by atoms with Crippen molar-refractivity contribution in [3.05, 3.63) is 23.9 Å². The van der Waals surface area contributed by atoms with Gasteiger partial charge in [-0.05, 0) is 25.5 Å². The van der Waals surface area contributed by atoms with Gasteiger partial charge in [0.15, 0.2) is 0 Å². The standard InChI is InChI=1S/C12H17N3OS/c1-9-8-15(6-3-7-16-9)11-5-2-4-10(14-11)12(13)17/h2,4-5,9H,3,6-8H2,1H3,(H2,13,17). The van der Waals surface area contributed by atoms with Crippen LogP contribution in [-0.2, 0) is 4.74 Å². The highest BCUT2D eigenvalue weighted by Gasteiger charge is 2.16. The molecule has 1 aromatic heterocycles. The van der Waals surface area contributed by atoms with Gasteiger partial charge in [-0.25, -0.2) is 4.98 Å². The molecule has 2 N–H and O–H groups in total. The molecule has 1 fully saturated rings. The molecular weight excluding hydrogens is 234 g/mol. The molecule has 92 valence electrons. The van der Waals surface area contributed by atoms with E-state index in [1.165, 1.54) is 0 Å². The quantitative estimate of drug-likeness (QED) is 0.804. The molecule has 1 aliphatic heterocycles. The van der Waals surface area contributed by atoms with Crippen molar-refractivity contribution in [2.24, 2.45) is 5.73 Å². The molecule has 0 aromatic carbocycles. The second kappa shape index (κ2) is 5.42. The van der Waals surface area contributed by atoms with E-state index in [9.17, 15) is 0 Å². The smallest absolute Gasteiger partial charge is 0.129 e. The van der Waals surface area contributed by atoms with Gasteiger partial charge in [0.05, 0.1) is 11.8 Å². The summed E-state index contributed by atoms with van der Waals surface area (Å²) in [5.74, 6) is 0.924. The first-order valence-corrected chi connectivity index (χ1v) is 6.21. The van der Waals surface area contributed by atoms with Crippen LogP contribution >= 0.6 is 12.2 Å². The molecule has 0 bridgehead atoms. The van der Waals surface area contributed by atoms with Crippen LogP contribution in [0.4, 0.5) is 5.82 Å². The highest BCUT2D eigenvalue weighted by molar-refractivity contribution is 7.80. The van der Waals surface area contributed by atoms with Crippen LogP contribution in [0.15, 0.2) is 18.2 Å². The highest BCUT2D eigenvalue weighted by Crippen LogP contribution is 2.15. The van der Waals surface area contributed by atoms with E-state index in [-0.39, 0.29) is 6.10 Å². The van der Waals surface area contributed by atoms with Gasteiger partial charge in [0.2, 0.25) is 0 Å². The highest BCUT2D eigenvalue weighted by atomic mass is 32.1. The minimum atomic E-state index is 0.229. The van der Waals surface area contributed by atoms with Crippen molar-refractivity contribution in [2.75, 3.05) is 24.6 Å². The maximum absolute atomic E-state index is 5.61. The average Bonchev–Trinajstić information content (AvgIpc) is 2.54. The van der Waals surface area contributed by atoms with Crippen LogP contribution in [0.5, 0.6) is 0 Å². The van der Waals surface area contributed by atoms with Gasteiger partial charge in [0, 0.05) is 19.7 Å². The zero-order chi connectivity index (χ0) is 12.3. The number of thiocarbonyl (C=S) groups is 1. The molecular formula is C12H17N3OS. The zero-order valence-electron chi connectivity index (χ0n) is 9.93. The third-order valence-corrected chi connectivity index (χ3v) is 2.97. The van der Waals surface area contributed by atoms with E-state index in [1.807, 2.05) is 18.2 Å². The lowest BCUT2D eigenvalue weighted by atomic mass is 10.3. The first-order valence-electron chi connectivity index (χ1n) is 5.80. The Bertz CT molecular complexity index is 410. The van der Waals surface area contributed by atoms with Gasteiger partial charge in [-0.1, -0.05) is 18.3 Å². The Kier molecular flexibility index (Phi) is 3.91. The summed E-state index contributed by atoms with van der Waals surface area (Å²) in [6.45, 7) is 4.70. The van der Waals surface area contributed by atoms with Crippen LogP contribution in [-0.4, -0.2) is 35.8 Å². The second-order valence-electron chi connectivity index (χ2n) is 4.23. The Hall–Kier alpha value is -1.20. The Morgan fingerprint density at radius 1 is 1.59 bits per heavy atom. The summed E-state index contributed by atoms with van der Waals surface area (Å²) in [5, 5.41) is 0.